The molecule has 6 nitrogen and oxygen atoms in total. The Labute approximate surface area is 123 Å². The molecule has 1 heterocycles. The van der Waals surface area contributed by atoms with E-state index < -0.39 is 0 Å². The first-order valence-corrected chi connectivity index (χ1v) is 6.75. The molecule has 2 aromatic rings. The Hall–Kier alpha value is -2.68. The van der Waals surface area contributed by atoms with Crippen molar-refractivity contribution in [2.45, 2.75) is 26.4 Å². The minimum absolute atomic E-state index is 0.0689. The Morgan fingerprint density at radius 1 is 1.29 bits per heavy atom. The van der Waals surface area contributed by atoms with E-state index in [1.807, 2.05) is 19.9 Å². The second-order valence-electron chi connectivity index (χ2n) is 5.10. The number of rotatable bonds is 5. The van der Waals surface area contributed by atoms with Crippen LogP contribution in [0.5, 0.6) is 0 Å². The molecule has 0 aliphatic carbocycles. The lowest BCUT2D eigenvalue weighted by Crippen LogP contribution is -2.42. The van der Waals surface area contributed by atoms with Crippen molar-refractivity contribution < 1.29 is 4.79 Å². The molecule has 0 spiro atoms. The Kier molecular flexibility index (Phi) is 4.67. The topological polar surface area (TPSA) is 83.6 Å². The number of carbonyl (C=O) groups is 1. The Balaban J connectivity index is 2.05. The van der Waals surface area contributed by atoms with Crippen molar-refractivity contribution in [1.29, 1.82) is 5.26 Å². The van der Waals surface area contributed by atoms with E-state index in [0.717, 1.165) is 0 Å². The van der Waals surface area contributed by atoms with Gasteiger partial charge in [-0.15, -0.1) is 0 Å². The molecule has 2 rings (SSSR count). The molecule has 1 atom stereocenters. The highest BCUT2D eigenvalue weighted by atomic mass is 16.1. The fourth-order valence-corrected chi connectivity index (χ4v) is 1.88. The summed E-state index contributed by atoms with van der Waals surface area (Å²) in [5.74, 6) is 0.0867. The van der Waals surface area contributed by atoms with Crippen molar-refractivity contribution in [2.75, 3.05) is 0 Å². The van der Waals surface area contributed by atoms with Crippen LogP contribution in [0.15, 0.2) is 36.7 Å². The molecule has 0 aliphatic rings. The molecule has 0 saturated carbocycles. The van der Waals surface area contributed by atoms with E-state index in [9.17, 15) is 4.79 Å². The molecule has 6 heteroatoms. The molecule has 1 N–H and O–H groups in total. The van der Waals surface area contributed by atoms with E-state index in [2.05, 4.69) is 15.5 Å². The molecule has 0 saturated heterocycles. The lowest BCUT2D eigenvalue weighted by molar-refractivity contribution is 0.0918. The standard InChI is InChI=1S/C15H17N5O/c1-11(2)14(10-20-17-7-8-18-20)19-15(21)13-5-3-12(9-16)4-6-13/h3-8,11,14H,10H2,1-2H3,(H,19,21). The smallest absolute Gasteiger partial charge is 0.251 e. The molecule has 1 unspecified atom stereocenters. The number of hydrogen-bond acceptors (Lipinski definition) is 4. The van der Waals surface area contributed by atoms with Crippen LogP contribution in [0.4, 0.5) is 0 Å². The van der Waals surface area contributed by atoms with Gasteiger partial charge in [-0.25, -0.2) is 0 Å². The quantitative estimate of drug-likeness (QED) is 0.903. The minimum atomic E-state index is -0.162. The third kappa shape index (κ3) is 3.89. The summed E-state index contributed by atoms with van der Waals surface area (Å²) >= 11 is 0. The van der Waals surface area contributed by atoms with Gasteiger partial charge in [0.25, 0.3) is 5.91 Å². The predicted octanol–water partition coefficient (Wildman–Crippen LogP) is 1.60. The van der Waals surface area contributed by atoms with Gasteiger partial charge in [0.2, 0.25) is 0 Å². The average Bonchev–Trinajstić information content (AvgIpc) is 2.99. The Morgan fingerprint density at radius 3 is 2.43 bits per heavy atom. The van der Waals surface area contributed by atoms with Gasteiger partial charge in [-0.05, 0) is 30.2 Å². The first-order chi connectivity index (χ1) is 10.1. The fraction of sp³-hybridized carbons (Fsp3) is 0.333. The number of nitrogens with one attached hydrogen (secondary N) is 1. The largest absolute Gasteiger partial charge is 0.347 e. The highest BCUT2D eigenvalue weighted by Crippen LogP contribution is 2.08. The molecule has 1 aromatic heterocycles. The van der Waals surface area contributed by atoms with Crippen molar-refractivity contribution >= 4 is 5.91 Å². The van der Waals surface area contributed by atoms with Crippen molar-refractivity contribution in [3.63, 3.8) is 0 Å². The SMILES string of the molecule is CC(C)C(Cn1nccn1)NC(=O)c1ccc(C#N)cc1. The predicted molar refractivity (Wildman–Crippen MR) is 77.3 cm³/mol. The van der Waals surface area contributed by atoms with Crippen LogP contribution in [-0.4, -0.2) is 26.9 Å². The Bertz CT molecular complexity index is 625. The second-order valence-corrected chi connectivity index (χ2v) is 5.10. The van der Waals surface area contributed by atoms with E-state index in [-0.39, 0.29) is 17.9 Å². The molecule has 21 heavy (non-hydrogen) atoms. The van der Waals surface area contributed by atoms with E-state index in [0.29, 0.717) is 17.7 Å². The number of carbonyl (C=O) groups excluding carboxylic acids is 1. The van der Waals surface area contributed by atoms with Crippen molar-refractivity contribution in [1.82, 2.24) is 20.3 Å². The minimum Gasteiger partial charge on any atom is -0.347 e. The molecular weight excluding hydrogens is 266 g/mol. The van der Waals surface area contributed by atoms with E-state index in [4.69, 9.17) is 5.26 Å². The van der Waals surface area contributed by atoms with Crippen LogP contribution < -0.4 is 5.32 Å². The van der Waals surface area contributed by atoms with Crippen LogP contribution in [0.3, 0.4) is 0 Å². The Morgan fingerprint density at radius 2 is 1.90 bits per heavy atom. The average molecular weight is 283 g/mol. The normalized spacial score (nSPS) is 11.9. The zero-order valence-electron chi connectivity index (χ0n) is 12.0. The first kappa shape index (κ1) is 14.7. The summed E-state index contributed by atoms with van der Waals surface area (Å²) in [5, 5.41) is 19.9. The fourth-order valence-electron chi connectivity index (χ4n) is 1.88. The van der Waals surface area contributed by atoms with Gasteiger partial charge in [0.05, 0.1) is 36.6 Å². The van der Waals surface area contributed by atoms with E-state index >= 15 is 0 Å². The molecule has 0 fully saturated rings. The summed E-state index contributed by atoms with van der Waals surface area (Å²) < 4.78 is 0. The van der Waals surface area contributed by atoms with Gasteiger partial charge in [-0.2, -0.15) is 20.3 Å². The van der Waals surface area contributed by atoms with Gasteiger partial charge >= 0.3 is 0 Å². The lowest BCUT2D eigenvalue weighted by Gasteiger charge is -2.21. The molecule has 108 valence electrons. The van der Waals surface area contributed by atoms with Gasteiger partial charge in [-0.1, -0.05) is 13.8 Å². The van der Waals surface area contributed by atoms with Gasteiger partial charge < -0.3 is 5.32 Å². The highest BCUT2D eigenvalue weighted by molar-refractivity contribution is 5.94. The first-order valence-electron chi connectivity index (χ1n) is 6.75. The third-order valence-electron chi connectivity index (χ3n) is 3.22. The zero-order chi connectivity index (χ0) is 15.2. The third-order valence-corrected chi connectivity index (χ3v) is 3.22. The number of benzene rings is 1. The van der Waals surface area contributed by atoms with Crippen LogP contribution in [0, 0.1) is 17.2 Å². The highest BCUT2D eigenvalue weighted by Gasteiger charge is 2.18. The summed E-state index contributed by atoms with van der Waals surface area (Å²) in [5.41, 5.74) is 1.07. The van der Waals surface area contributed by atoms with Gasteiger partial charge in [0.15, 0.2) is 0 Å². The molecule has 1 aromatic carbocycles. The van der Waals surface area contributed by atoms with Gasteiger partial charge in [0, 0.05) is 5.56 Å². The van der Waals surface area contributed by atoms with Gasteiger partial charge in [0.1, 0.15) is 0 Å². The molecule has 0 bridgehead atoms. The number of aromatic nitrogens is 3. The number of nitriles is 1. The zero-order valence-corrected chi connectivity index (χ0v) is 12.0. The molecule has 0 radical (unpaired) electrons. The molecular formula is C15H17N5O. The van der Waals surface area contributed by atoms with Crippen LogP contribution in [0.25, 0.3) is 0 Å². The van der Waals surface area contributed by atoms with Crippen LogP contribution >= 0.6 is 0 Å². The summed E-state index contributed by atoms with van der Waals surface area (Å²) in [6.45, 7) is 4.59. The van der Waals surface area contributed by atoms with Gasteiger partial charge in [-0.3, -0.25) is 4.79 Å². The summed E-state index contributed by atoms with van der Waals surface area (Å²) in [6.07, 6.45) is 3.22. The van der Waals surface area contributed by atoms with E-state index in [1.54, 1.807) is 41.5 Å². The maximum atomic E-state index is 12.2. The van der Waals surface area contributed by atoms with Crippen molar-refractivity contribution in [3.05, 3.63) is 47.8 Å². The molecule has 1 amide bonds. The monoisotopic (exact) mass is 283 g/mol. The number of nitrogens with zero attached hydrogens (tertiary/aromatic N) is 4. The van der Waals surface area contributed by atoms with Crippen molar-refractivity contribution in [2.24, 2.45) is 5.92 Å². The van der Waals surface area contributed by atoms with Crippen molar-refractivity contribution in [3.8, 4) is 6.07 Å². The van der Waals surface area contributed by atoms with Crippen LogP contribution in [-0.2, 0) is 6.54 Å². The maximum absolute atomic E-state index is 12.2. The number of amides is 1. The summed E-state index contributed by atoms with van der Waals surface area (Å²) in [6, 6.07) is 8.53. The molecule has 0 aliphatic heterocycles. The number of hydrogen-bond donors (Lipinski definition) is 1. The summed E-state index contributed by atoms with van der Waals surface area (Å²) in [7, 11) is 0. The second kappa shape index (κ2) is 6.66. The maximum Gasteiger partial charge on any atom is 0.251 e. The lowest BCUT2D eigenvalue weighted by atomic mass is 10.0. The van der Waals surface area contributed by atoms with E-state index in [1.165, 1.54) is 0 Å². The van der Waals surface area contributed by atoms with Crippen LogP contribution in [0.1, 0.15) is 29.8 Å². The summed E-state index contributed by atoms with van der Waals surface area (Å²) in [4.78, 5) is 13.8. The van der Waals surface area contributed by atoms with Crippen LogP contribution in [0.2, 0.25) is 0 Å².